The maximum atomic E-state index is 11.3. The van der Waals surface area contributed by atoms with Crippen molar-refractivity contribution in [1.29, 1.82) is 0 Å². The summed E-state index contributed by atoms with van der Waals surface area (Å²) in [5.74, 6) is -0.0387. The van der Waals surface area contributed by atoms with E-state index in [0.29, 0.717) is 12.2 Å². The number of carbonyl (C=O) groups excluding carboxylic acids is 2. The lowest BCUT2D eigenvalue weighted by atomic mass is 10.0. The molecule has 1 rings (SSSR count). The summed E-state index contributed by atoms with van der Waals surface area (Å²) in [6.45, 7) is 15.7. The topological polar surface area (TPSA) is 74.2 Å². The van der Waals surface area contributed by atoms with Crippen LogP contribution < -0.4 is 0 Å². The molecule has 1 heterocycles. The second kappa shape index (κ2) is 7.13. The van der Waals surface area contributed by atoms with Crippen molar-refractivity contribution in [2.45, 2.75) is 84.0 Å². The third-order valence-electron chi connectivity index (χ3n) is 4.50. The van der Waals surface area contributed by atoms with Crippen LogP contribution >= 0.6 is 0 Å². The van der Waals surface area contributed by atoms with Crippen molar-refractivity contribution in [2.75, 3.05) is 0 Å². The average Bonchev–Trinajstić information content (AvgIpc) is 2.76. The van der Waals surface area contributed by atoms with E-state index in [2.05, 4.69) is 38.9 Å². The van der Waals surface area contributed by atoms with Gasteiger partial charge in [0.15, 0.2) is 32.7 Å². The zero-order valence-corrected chi connectivity index (χ0v) is 16.4. The van der Waals surface area contributed by atoms with Gasteiger partial charge in [-0.1, -0.05) is 20.8 Å². The lowest BCUT2D eigenvalue weighted by Crippen LogP contribution is -2.50. The Morgan fingerprint density at radius 3 is 2.39 bits per heavy atom. The Labute approximate surface area is 139 Å². The number of hydrogen-bond acceptors (Lipinski definition) is 6. The molecule has 0 spiro atoms. The van der Waals surface area contributed by atoms with Crippen LogP contribution in [-0.4, -0.2) is 50.8 Å². The summed E-state index contributed by atoms with van der Waals surface area (Å²) in [5, 5.41) is 0.0607. The van der Waals surface area contributed by atoms with Crippen LogP contribution in [0.2, 0.25) is 18.1 Å². The van der Waals surface area contributed by atoms with Gasteiger partial charge in [-0.2, -0.15) is 0 Å². The Hall–Kier alpha value is -1.21. The molecule has 0 unspecified atom stereocenters. The summed E-state index contributed by atoms with van der Waals surface area (Å²) in [6.07, 6.45) is -1.07. The first kappa shape index (κ1) is 19.8. The quantitative estimate of drug-likeness (QED) is 0.421. The van der Waals surface area contributed by atoms with Gasteiger partial charge in [0.05, 0.1) is 6.10 Å². The van der Waals surface area contributed by atoms with Gasteiger partial charge in [-0.3, -0.25) is 9.59 Å². The number of aliphatic imine (C=N–C) groups is 1. The highest BCUT2D eigenvalue weighted by molar-refractivity contribution is 6.74. The van der Waals surface area contributed by atoms with Gasteiger partial charge in [0.25, 0.3) is 0 Å². The predicted molar refractivity (Wildman–Crippen MR) is 91.1 cm³/mol. The van der Waals surface area contributed by atoms with Gasteiger partial charge in [0, 0.05) is 13.8 Å². The van der Waals surface area contributed by atoms with Gasteiger partial charge in [-0.15, -0.1) is 0 Å². The van der Waals surface area contributed by atoms with E-state index >= 15 is 0 Å². The van der Waals surface area contributed by atoms with E-state index < -0.39 is 32.5 Å². The van der Waals surface area contributed by atoms with E-state index in [1.807, 2.05) is 6.92 Å². The molecule has 0 radical (unpaired) electrons. The largest absolute Gasteiger partial charge is 0.473 e. The molecule has 0 aromatic rings. The zero-order chi connectivity index (χ0) is 18.0. The van der Waals surface area contributed by atoms with Crippen LogP contribution in [0.5, 0.6) is 0 Å². The Bertz CT molecular complexity index is 483. The molecule has 0 bridgehead atoms. The van der Waals surface area contributed by atoms with Gasteiger partial charge >= 0.3 is 5.97 Å². The number of carbonyl (C=O) groups is 2. The molecule has 0 aromatic heterocycles. The Balaban J connectivity index is 2.92. The first-order valence-electron chi connectivity index (χ1n) is 7.90. The minimum Gasteiger partial charge on any atom is -0.473 e. The minimum atomic E-state index is -1.99. The molecular weight excluding hydrogens is 314 g/mol. The van der Waals surface area contributed by atoms with Crippen LogP contribution in [0.25, 0.3) is 0 Å². The normalized spacial score (nSPS) is 24.4. The average molecular weight is 343 g/mol. The molecule has 0 amide bonds. The highest BCUT2D eigenvalue weighted by atomic mass is 28.4. The van der Waals surface area contributed by atoms with E-state index in [0.717, 1.165) is 0 Å². The Morgan fingerprint density at radius 1 is 1.39 bits per heavy atom. The van der Waals surface area contributed by atoms with E-state index in [1.165, 1.54) is 6.92 Å². The van der Waals surface area contributed by atoms with Gasteiger partial charge in [0.2, 0.25) is 0 Å². The van der Waals surface area contributed by atoms with Gasteiger partial charge in [0.1, 0.15) is 6.04 Å². The molecule has 4 atom stereocenters. The molecule has 23 heavy (non-hydrogen) atoms. The first-order chi connectivity index (χ1) is 10.4. The summed E-state index contributed by atoms with van der Waals surface area (Å²) < 4.78 is 17.2. The van der Waals surface area contributed by atoms with Crippen molar-refractivity contribution in [2.24, 2.45) is 4.99 Å². The van der Waals surface area contributed by atoms with E-state index in [-0.39, 0.29) is 11.1 Å². The SMILES string of the molecule is CC(=O)O[C@@H](C=O)[C@@H]1N=C(C)O[C@H]1[C@H](C)O[Si](C)(C)C(C)(C)C. The second-order valence-corrected chi connectivity index (χ2v) is 12.3. The summed E-state index contributed by atoms with van der Waals surface area (Å²) in [5.41, 5.74) is 0. The van der Waals surface area contributed by atoms with Gasteiger partial charge in [-0.05, 0) is 25.1 Å². The third kappa shape index (κ3) is 4.88. The summed E-state index contributed by atoms with van der Waals surface area (Å²) in [6, 6.07) is -0.573. The molecule has 132 valence electrons. The van der Waals surface area contributed by atoms with Crippen molar-refractivity contribution in [3.05, 3.63) is 0 Å². The van der Waals surface area contributed by atoms with E-state index in [4.69, 9.17) is 13.9 Å². The Morgan fingerprint density at radius 2 is 1.96 bits per heavy atom. The van der Waals surface area contributed by atoms with Gasteiger partial charge < -0.3 is 13.9 Å². The van der Waals surface area contributed by atoms with E-state index in [1.54, 1.807) is 6.92 Å². The molecule has 0 N–H and O–H groups in total. The summed E-state index contributed by atoms with van der Waals surface area (Å²) >= 11 is 0. The van der Waals surface area contributed by atoms with Crippen LogP contribution in [0.15, 0.2) is 4.99 Å². The monoisotopic (exact) mass is 343 g/mol. The van der Waals surface area contributed by atoms with Gasteiger partial charge in [-0.25, -0.2) is 4.99 Å². The van der Waals surface area contributed by atoms with Crippen LogP contribution in [-0.2, 0) is 23.5 Å². The first-order valence-corrected chi connectivity index (χ1v) is 10.8. The van der Waals surface area contributed by atoms with Crippen molar-refractivity contribution >= 4 is 26.5 Å². The number of aldehydes is 1. The molecule has 0 fully saturated rings. The molecular formula is C16H29NO5Si. The minimum absolute atomic E-state index is 0.0607. The van der Waals surface area contributed by atoms with Crippen LogP contribution in [0, 0.1) is 0 Å². The third-order valence-corrected chi connectivity index (χ3v) is 9.07. The van der Waals surface area contributed by atoms with Crippen molar-refractivity contribution in [3.8, 4) is 0 Å². The maximum absolute atomic E-state index is 11.3. The van der Waals surface area contributed by atoms with Crippen molar-refractivity contribution < 1.29 is 23.5 Å². The smallest absolute Gasteiger partial charge is 0.303 e. The number of ether oxygens (including phenoxy) is 2. The standard InChI is InChI=1S/C16H29NO5Si/c1-10(22-23(7,8)16(4,5)6)15-14(17-11(2)20-15)13(9-18)21-12(3)19/h9-10,13-15H,1-8H3/t10-,13-,14-,15-/m0/s1. The summed E-state index contributed by atoms with van der Waals surface area (Å²) in [7, 11) is -1.99. The molecule has 6 nitrogen and oxygen atoms in total. The van der Waals surface area contributed by atoms with Crippen LogP contribution in [0.4, 0.5) is 0 Å². The lowest BCUT2D eigenvalue weighted by Gasteiger charge is -2.40. The molecule has 0 aliphatic carbocycles. The molecule has 1 aliphatic heterocycles. The highest BCUT2D eigenvalue weighted by Gasteiger charge is 2.45. The molecule has 0 saturated heterocycles. The maximum Gasteiger partial charge on any atom is 0.303 e. The van der Waals surface area contributed by atoms with Crippen LogP contribution in [0.1, 0.15) is 41.5 Å². The number of nitrogens with zero attached hydrogens (tertiary/aromatic N) is 1. The van der Waals surface area contributed by atoms with Crippen molar-refractivity contribution in [3.63, 3.8) is 0 Å². The summed E-state index contributed by atoms with van der Waals surface area (Å²) in [4.78, 5) is 26.8. The number of esters is 1. The molecule has 1 aliphatic rings. The number of hydrogen-bond donors (Lipinski definition) is 0. The van der Waals surface area contributed by atoms with Crippen LogP contribution in [0.3, 0.4) is 0 Å². The zero-order valence-electron chi connectivity index (χ0n) is 15.4. The fourth-order valence-corrected chi connectivity index (χ4v) is 3.71. The lowest BCUT2D eigenvalue weighted by molar-refractivity contribution is -0.152. The molecule has 0 aromatic carbocycles. The van der Waals surface area contributed by atoms with E-state index in [9.17, 15) is 9.59 Å². The number of rotatable bonds is 6. The Kier molecular flexibility index (Phi) is 6.15. The molecule has 7 heteroatoms. The predicted octanol–water partition coefficient (Wildman–Crippen LogP) is 2.71. The van der Waals surface area contributed by atoms with Crippen molar-refractivity contribution in [1.82, 2.24) is 0 Å². The molecule has 0 saturated carbocycles. The fraction of sp³-hybridized carbons (Fsp3) is 0.812. The highest BCUT2D eigenvalue weighted by Crippen LogP contribution is 2.38. The fourth-order valence-electron chi connectivity index (χ4n) is 2.29. The second-order valence-electron chi connectivity index (χ2n) is 7.51.